The van der Waals surface area contributed by atoms with Gasteiger partial charge in [-0.05, 0) is 64.0 Å². The Balaban J connectivity index is 1.57. The molecule has 5 rings (SSSR count). The lowest BCUT2D eigenvalue weighted by atomic mass is 10.00. The van der Waals surface area contributed by atoms with Crippen molar-refractivity contribution in [3.63, 3.8) is 0 Å². The van der Waals surface area contributed by atoms with E-state index in [2.05, 4.69) is 47.8 Å². The number of nitrogens with zero attached hydrogens (tertiary/aromatic N) is 2. The van der Waals surface area contributed by atoms with Crippen LogP contribution < -0.4 is 9.75 Å². The van der Waals surface area contributed by atoms with E-state index in [0.29, 0.717) is 29.3 Å². The Morgan fingerprint density at radius 1 is 0.806 bits per heavy atom. The summed E-state index contributed by atoms with van der Waals surface area (Å²) in [5, 5.41) is 6.17. The van der Waals surface area contributed by atoms with Crippen molar-refractivity contribution >= 4 is 71.2 Å². The lowest BCUT2D eigenvalue weighted by Crippen LogP contribution is -2.21. The van der Waals surface area contributed by atoms with Crippen LogP contribution in [0, 0.1) is 0 Å². The molecule has 0 saturated carbocycles. The fourth-order valence-corrected chi connectivity index (χ4v) is 5.47. The van der Waals surface area contributed by atoms with Crippen molar-refractivity contribution in [2.45, 2.75) is 6.61 Å². The monoisotopic (exact) mass is 664 g/mol. The van der Waals surface area contributed by atoms with E-state index in [-0.39, 0.29) is 5.91 Å². The molecule has 4 aromatic rings. The second kappa shape index (κ2) is 10.9. The highest BCUT2D eigenvalue weighted by Crippen LogP contribution is 2.37. The summed E-state index contributed by atoms with van der Waals surface area (Å²) in [7, 11) is 0. The molecule has 1 heterocycles. The first-order chi connectivity index (χ1) is 17.5. The smallest absolute Gasteiger partial charge is 0.281 e. The van der Waals surface area contributed by atoms with E-state index < -0.39 is 0 Å². The first-order valence-electron chi connectivity index (χ1n) is 11.1. The van der Waals surface area contributed by atoms with Gasteiger partial charge in [0, 0.05) is 20.1 Å². The minimum Gasteiger partial charge on any atom is -0.487 e. The maximum absolute atomic E-state index is 13.7. The Hall–Kier alpha value is -3.00. The van der Waals surface area contributed by atoms with Gasteiger partial charge in [0.1, 0.15) is 18.1 Å². The quantitative estimate of drug-likeness (QED) is 0.194. The number of hydrazone groups is 1. The van der Waals surface area contributed by atoms with E-state index in [1.54, 1.807) is 0 Å². The maximum atomic E-state index is 13.7. The average molecular weight is 667 g/mol. The van der Waals surface area contributed by atoms with Crippen molar-refractivity contribution in [1.29, 1.82) is 0 Å². The summed E-state index contributed by atoms with van der Waals surface area (Å²) < 4.78 is 8.91. The zero-order valence-corrected chi connectivity index (χ0v) is 23.6. The van der Waals surface area contributed by atoms with Gasteiger partial charge >= 0.3 is 0 Å². The van der Waals surface area contributed by atoms with E-state index in [9.17, 15) is 4.79 Å². The van der Waals surface area contributed by atoms with Crippen LogP contribution in [0.2, 0.25) is 0 Å². The van der Waals surface area contributed by atoms with Gasteiger partial charge in [-0.15, -0.1) is 0 Å². The highest BCUT2D eigenvalue weighted by molar-refractivity contribution is 9.11. The summed E-state index contributed by atoms with van der Waals surface area (Å²) in [6.07, 6.45) is 1.85. The third kappa shape index (κ3) is 5.38. The van der Waals surface area contributed by atoms with Crippen LogP contribution in [0.25, 0.3) is 6.08 Å². The molecule has 0 N–H and O–H groups in total. The summed E-state index contributed by atoms with van der Waals surface area (Å²) in [6, 6.07) is 31.0. The number of carbonyl (C=O) groups excluding carboxylic acids is 1. The topological polar surface area (TPSA) is 41.9 Å². The fourth-order valence-electron chi connectivity index (χ4n) is 3.83. The molecule has 178 valence electrons. The zero-order valence-electron chi connectivity index (χ0n) is 18.9. The van der Waals surface area contributed by atoms with Crippen molar-refractivity contribution < 1.29 is 9.53 Å². The van der Waals surface area contributed by atoms with Crippen molar-refractivity contribution in [3.8, 4) is 5.75 Å². The second-order valence-corrected chi connectivity index (χ2v) is 10.7. The number of rotatable bonds is 6. The van der Waals surface area contributed by atoms with Crippen molar-refractivity contribution in [2.24, 2.45) is 5.10 Å². The number of carbonyl (C=O) groups is 1. The highest BCUT2D eigenvalue weighted by Gasteiger charge is 2.32. The number of anilines is 1. The van der Waals surface area contributed by atoms with Crippen LogP contribution in [0.5, 0.6) is 5.75 Å². The number of amides is 1. The molecule has 36 heavy (non-hydrogen) atoms. The molecule has 0 radical (unpaired) electrons. The normalized spacial score (nSPS) is 14.3. The molecule has 0 fully saturated rings. The Morgan fingerprint density at radius 3 is 2.17 bits per heavy atom. The van der Waals surface area contributed by atoms with E-state index in [0.717, 1.165) is 30.1 Å². The summed E-state index contributed by atoms with van der Waals surface area (Å²) in [6.45, 7) is 0.382. The van der Waals surface area contributed by atoms with Gasteiger partial charge in [0.15, 0.2) is 0 Å². The van der Waals surface area contributed by atoms with E-state index in [1.165, 1.54) is 5.01 Å². The third-order valence-electron chi connectivity index (χ3n) is 5.56. The first-order valence-corrected chi connectivity index (χ1v) is 13.5. The van der Waals surface area contributed by atoms with Gasteiger partial charge in [0.25, 0.3) is 5.91 Å². The minimum atomic E-state index is -0.199. The number of hydrogen-bond acceptors (Lipinski definition) is 3. The molecule has 4 nitrogen and oxygen atoms in total. The number of para-hydroxylation sites is 1. The number of halogens is 3. The molecule has 0 atom stereocenters. The Morgan fingerprint density at radius 2 is 1.47 bits per heavy atom. The van der Waals surface area contributed by atoms with Crippen LogP contribution in [-0.2, 0) is 11.4 Å². The Labute approximate surface area is 234 Å². The van der Waals surface area contributed by atoms with Crippen LogP contribution in [0.3, 0.4) is 0 Å². The van der Waals surface area contributed by atoms with Gasteiger partial charge in [-0.2, -0.15) is 10.1 Å². The van der Waals surface area contributed by atoms with Crippen molar-refractivity contribution in [1.82, 2.24) is 0 Å². The molecule has 1 aliphatic rings. The molecule has 1 aliphatic heterocycles. The van der Waals surface area contributed by atoms with E-state index in [4.69, 9.17) is 9.84 Å². The number of hydrogen-bond donors (Lipinski definition) is 0. The molecular formula is C29H19Br3N2O2. The fraction of sp³-hybridized carbons (Fsp3) is 0.0345. The molecule has 4 aromatic carbocycles. The SMILES string of the molecule is O=C1/C(=C\c2cc(Br)cc(Br)c2OCc2ccc(Br)cc2)C(c2ccccc2)=NN1c1ccccc1. The molecule has 0 aromatic heterocycles. The zero-order chi connectivity index (χ0) is 25.1. The molecule has 0 bridgehead atoms. The van der Waals surface area contributed by atoms with E-state index >= 15 is 0 Å². The summed E-state index contributed by atoms with van der Waals surface area (Å²) >= 11 is 10.7. The predicted molar refractivity (Wildman–Crippen MR) is 155 cm³/mol. The largest absolute Gasteiger partial charge is 0.487 e. The molecule has 0 unspecified atom stereocenters. The predicted octanol–water partition coefficient (Wildman–Crippen LogP) is 8.39. The molecule has 0 saturated heterocycles. The van der Waals surface area contributed by atoms with Crippen LogP contribution in [0.15, 0.2) is 121 Å². The molecule has 1 amide bonds. The molecular weight excluding hydrogens is 648 g/mol. The van der Waals surface area contributed by atoms with Crippen molar-refractivity contribution in [3.05, 3.63) is 133 Å². The molecule has 0 aliphatic carbocycles. The summed E-state index contributed by atoms with van der Waals surface area (Å²) in [5.41, 5.74) is 4.46. The van der Waals surface area contributed by atoms with E-state index in [1.807, 2.05) is 103 Å². The van der Waals surface area contributed by atoms with Gasteiger partial charge in [0.2, 0.25) is 0 Å². The summed E-state index contributed by atoms with van der Waals surface area (Å²) in [5.74, 6) is 0.446. The van der Waals surface area contributed by atoms with Gasteiger partial charge < -0.3 is 4.74 Å². The van der Waals surface area contributed by atoms with Crippen LogP contribution in [-0.4, -0.2) is 11.6 Å². The third-order valence-corrected chi connectivity index (χ3v) is 7.13. The lowest BCUT2D eigenvalue weighted by Gasteiger charge is -2.14. The Kier molecular flexibility index (Phi) is 7.51. The number of ether oxygens (including phenoxy) is 1. The van der Waals surface area contributed by atoms with Crippen LogP contribution in [0.4, 0.5) is 5.69 Å². The van der Waals surface area contributed by atoms with Gasteiger partial charge in [-0.1, -0.05) is 92.5 Å². The van der Waals surface area contributed by atoms with Crippen LogP contribution in [0.1, 0.15) is 16.7 Å². The highest BCUT2D eigenvalue weighted by atomic mass is 79.9. The van der Waals surface area contributed by atoms with Crippen molar-refractivity contribution in [2.75, 3.05) is 5.01 Å². The molecule has 7 heteroatoms. The first kappa shape index (κ1) is 24.7. The van der Waals surface area contributed by atoms with Gasteiger partial charge in [0.05, 0.1) is 15.7 Å². The molecule has 0 spiro atoms. The number of benzene rings is 4. The standard InChI is InChI=1S/C29H19Br3N2O2/c30-22-13-11-19(12-14-22)18-36-28-21(15-23(31)17-26(28)32)16-25-27(20-7-3-1-4-8-20)33-34(29(25)35)24-9-5-2-6-10-24/h1-17H,18H2/b25-16-. The van der Waals surface area contributed by atoms with Gasteiger partial charge in [-0.3, -0.25) is 4.79 Å². The lowest BCUT2D eigenvalue weighted by molar-refractivity contribution is -0.114. The van der Waals surface area contributed by atoms with Gasteiger partial charge in [-0.25, -0.2) is 0 Å². The summed E-state index contributed by atoms with van der Waals surface area (Å²) in [4.78, 5) is 13.7. The second-order valence-electron chi connectivity index (χ2n) is 8.05. The van der Waals surface area contributed by atoms with Crippen LogP contribution >= 0.6 is 47.8 Å². The average Bonchev–Trinajstić information content (AvgIpc) is 3.21. The maximum Gasteiger partial charge on any atom is 0.281 e. The minimum absolute atomic E-state index is 0.199. The Bertz CT molecular complexity index is 1470.